The Labute approximate surface area is 117 Å². The minimum atomic E-state index is -0.0636. The van der Waals surface area contributed by atoms with Crippen LogP contribution >= 0.6 is 11.3 Å². The van der Waals surface area contributed by atoms with Crippen LogP contribution < -0.4 is 5.32 Å². The maximum absolute atomic E-state index is 11.8. The van der Waals surface area contributed by atoms with Crippen molar-refractivity contribution in [3.05, 3.63) is 70.4 Å². The van der Waals surface area contributed by atoms with Gasteiger partial charge in [0.25, 0.3) is 5.91 Å². The topological polar surface area (TPSA) is 29.1 Å². The normalized spacial score (nSPS) is 10.1. The third-order valence-corrected chi connectivity index (χ3v) is 3.69. The molecule has 97 valence electrons. The monoisotopic (exact) mass is 270 g/mol. The Morgan fingerprint density at radius 3 is 3.05 bits per heavy atom. The summed E-state index contributed by atoms with van der Waals surface area (Å²) in [6.07, 6.45) is 3.57. The second kappa shape index (κ2) is 6.90. The average Bonchev–Trinajstić information content (AvgIpc) is 2.96. The first-order chi connectivity index (χ1) is 9.29. The van der Waals surface area contributed by atoms with Gasteiger partial charge in [0.15, 0.2) is 0 Å². The predicted octanol–water partition coefficient (Wildman–Crippen LogP) is 3.25. The summed E-state index contributed by atoms with van der Waals surface area (Å²) in [7, 11) is 0. The molecular formula is C16H16NOS. The van der Waals surface area contributed by atoms with Crippen molar-refractivity contribution in [3.8, 4) is 0 Å². The predicted molar refractivity (Wildman–Crippen MR) is 79.5 cm³/mol. The standard InChI is InChI=1S/C16H16NOS/c1-2-10-17-16(18)14-6-3-5-13(12-14)8-9-15-7-4-11-19-15/h2-4,6-7,11-12H,1,8-10H2,(H,17,18). The summed E-state index contributed by atoms with van der Waals surface area (Å²) in [6.45, 7) is 4.07. The summed E-state index contributed by atoms with van der Waals surface area (Å²) in [4.78, 5) is 13.2. The maximum atomic E-state index is 11.8. The zero-order valence-corrected chi connectivity index (χ0v) is 11.5. The SMILES string of the molecule is C=CCNC(=O)c1cc[c]c(CCc2cccs2)c1. The van der Waals surface area contributed by atoms with Crippen molar-refractivity contribution in [3.63, 3.8) is 0 Å². The van der Waals surface area contributed by atoms with Crippen molar-refractivity contribution < 1.29 is 4.79 Å². The minimum Gasteiger partial charge on any atom is -0.349 e. The fourth-order valence-electron chi connectivity index (χ4n) is 1.78. The Bertz CT molecular complexity index is 546. The van der Waals surface area contributed by atoms with Crippen LogP contribution in [0, 0.1) is 6.07 Å². The van der Waals surface area contributed by atoms with Gasteiger partial charge in [0.1, 0.15) is 0 Å². The number of nitrogens with one attached hydrogen (secondary N) is 1. The van der Waals surface area contributed by atoms with E-state index in [1.165, 1.54) is 4.88 Å². The molecule has 1 heterocycles. The van der Waals surface area contributed by atoms with Gasteiger partial charge in [-0.15, -0.1) is 17.9 Å². The lowest BCUT2D eigenvalue weighted by Crippen LogP contribution is -2.23. The van der Waals surface area contributed by atoms with Gasteiger partial charge in [0.05, 0.1) is 0 Å². The van der Waals surface area contributed by atoms with Crippen LogP contribution in [0.2, 0.25) is 0 Å². The van der Waals surface area contributed by atoms with Crippen molar-refractivity contribution >= 4 is 17.2 Å². The van der Waals surface area contributed by atoms with Gasteiger partial charge in [-0.1, -0.05) is 18.2 Å². The van der Waals surface area contributed by atoms with Crippen molar-refractivity contribution in [1.82, 2.24) is 5.32 Å². The molecule has 0 saturated carbocycles. The molecule has 0 aliphatic heterocycles. The zero-order valence-electron chi connectivity index (χ0n) is 10.7. The van der Waals surface area contributed by atoms with Gasteiger partial charge in [-0.3, -0.25) is 4.79 Å². The molecule has 1 amide bonds. The highest BCUT2D eigenvalue weighted by Gasteiger charge is 2.05. The van der Waals surface area contributed by atoms with Gasteiger partial charge in [0.2, 0.25) is 0 Å². The van der Waals surface area contributed by atoms with Crippen LogP contribution in [0.25, 0.3) is 0 Å². The Kier molecular flexibility index (Phi) is 4.93. The van der Waals surface area contributed by atoms with E-state index in [1.54, 1.807) is 23.5 Å². The fraction of sp³-hybridized carbons (Fsp3) is 0.188. The first-order valence-electron chi connectivity index (χ1n) is 6.21. The molecule has 0 aliphatic rings. The van der Waals surface area contributed by atoms with Gasteiger partial charge in [-0.2, -0.15) is 0 Å². The van der Waals surface area contributed by atoms with E-state index < -0.39 is 0 Å². The summed E-state index contributed by atoms with van der Waals surface area (Å²) in [5.41, 5.74) is 1.75. The number of aryl methyl sites for hydroxylation is 2. The Morgan fingerprint density at radius 1 is 1.42 bits per heavy atom. The zero-order chi connectivity index (χ0) is 13.5. The van der Waals surface area contributed by atoms with Crippen LogP contribution in [-0.2, 0) is 12.8 Å². The van der Waals surface area contributed by atoms with Crippen LogP contribution in [0.1, 0.15) is 20.8 Å². The fourth-order valence-corrected chi connectivity index (χ4v) is 2.49. The molecule has 0 atom stereocenters. The van der Waals surface area contributed by atoms with Crippen molar-refractivity contribution in [2.45, 2.75) is 12.8 Å². The quantitative estimate of drug-likeness (QED) is 0.802. The lowest BCUT2D eigenvalue weighted by Gasteiger charge is -2.05. The van der Waals surface area contributed by atoms with Crippen LogP contribution in [0.4, 0.5) is 0 Å². The second-order valence-electron chi connectivity index (χ2n) is 4.18. The van der Waals surface area contributed by atoms with Gasteiger partial charge < -0.3 is 5.32 Å². The molecule has 1 aromatic heterocycles. The van der Waals surface area contributed by atoms with Crippen LogP contribution in [-0.4, -0.2) is 12.5 Å². The number of thiophene rings is 1. The summed E-state index contributed by atoms with van der Waals surface area (Å²) >= 11 is 1.76. The number of carbonyl (C=O) groups is 1. The molecule has 1 aromatic carbocycles. The number of hydrogen-bond donors (Lipinski definition) is 1. The number of hydrogen-bond acceptors (Lipinski definition) is 2. The van der Waals surface area contributed by atoms with Gasteiger partial charge in [-0.05, 0) is 48.1 Å². The third-order valence-electron chi connectivity index (χ3n) is 2.75. The van der Waals surface area contributed by atoms with Crippen molar-refractivity contribution in [2.24, 2.45) is 0 Å². The molecule has 19 heavy (non-hydrogen) atoms. The van der Waals surface area contributed by atoms with E-state index in [0.717, 1.165) is 18.4 Å². The molecular weight excluding hydrogens is 254 g/mol. The highest BCUT2D eigenvalue weighted by Crippen LogP contribution is 2.13. The Balaban J connectivity index is 1.98. The molecule has 3 heteroatoms. The van der Waals surface area contributed by atoms with Gasteiger partial charge in [0, 0.05) is 17.0 Å². The Hall–Kier alpha value is -1.87. The summed E-state index contributed by atoms with van der Waals surface area (Å²) in [5.74, 6) is -0.0636. The lowest BCUT2D eigenvalue weighted by atomic mass is 10.1. The van der Waals surface area contributed by atoms with E-state index in [-0.39, 0.29) is 5.91 Å². The highest BCUT2D eigenvalue weighted by molar-refractivity contribution is 7.09. The second-order valence-corrected chi connectivity index (χ2v) is 5.21. The number of amides is 1. The molecule has 0 saturated heterocycles. The van der Waals surface area contributed by atoms with E-state index in [4.69, 9.17) is 0 Å². The van der Waals surface area contributed by atoms with E-state index in [9.17, 15) is 4.79 Å². The molecule has 0 bridgehead atoms. The van der Waals surface area contributed by atoms with E-state index in [0.29, 0.717) is 12.1 Å². The summed E-state index contributed by atoms with van der Waals surface area (Å²) in [5, 5.41) is 4.86. The van der Waals surface area contributed by atoms with Crippen LogP contribution in [0.3, 0.4) is 0 Å². The van der Waals surface area contributed by atoms with E-state index >= 15 is 0 Å². The van der Waals surface area contributed by atoms with Crippen LogP contribution in [0.5, 0.6) is 0 Å². The average molecular weight is 270 g/mol. The maximum Gasteiger partial charge on any atom is 0.251 e. The lowest BCUT2D eigenvalue weighted by molar-refractivity contribution is 0.0958. The van der Waals surface area contributed by atoms with Crippen molar-refractivity contribution in [1.29, 1.82) is 0 Å². The summed E-state index contributed by atoms with van der Waals surface area (Å²) < 4.78 is 0. The van der Waals surface area contributed by atoms with Gasteiger partial charge >= 0.3 is 0 Å². The summed E-state index contributed by atoms with van der Waals surface area (Å²) in [6, 6.07) is 12.9. The van der Waals surface area contributed by atoms with Crippen LogP contribution in [0.15, 0.2) is 48.4 Å². The molecule has 2 rings (SSSR count). The minimum absolute atomic E-state index is 0.0636. The molecule has 1 N–H and O–H groups in total. The third kappa shape index (κ3) is 4.07. The smallest absolute Gasteiger partial charge is 0.251 e. The first kappa shape index (κ1) is 13.6. The number of benzene rings is 1. The molecule has 0 fully saturated rings. The molecule has 0 unspecified atom stereocenters. The molecule has 2 nitrogen and oxygen atoms in total. The number of rotatable bonds is 6. The molecule has 0 aliphatic carbocycles. The number of carbonyl (C=O) groups excluding carboxylic acids is 1. The van der Waals surface area contributed by atoms with Crippen molar-refractivity contribution in [2.75, 3.05) is 6.54 Å². The van der Waals surface area contributed by atoms with E-state index in [2.05, 4.69) is 35.5 Å². The Morgan fingerprint density at radius 2 is 2.32 bits per heavy atom. The first-order valence-corrected chi connectivity index (χ1v) is 7.09. The largest absolute Gasteiger partial charge is 0.349 e. The van der Waals surface area contributed by atoms with Gasteiger partial charge in [-0.25, -0.2) is 0 Å². The van der Waals surface area contributed by atoms with E-state index in [1.807, 2.05) is 12.1 Å². The highest BCUT2D eigenvalue weighted by atomic mass is 32.1. The molecule has 0 spiro atoms. The molecule has 1 radical (unpaired) electrons. The molecule has 2 aromatic rings.